The molecule has 166 valence electrons. The Morgan fingerprint density at radius 3 is 2.62 bits per heavy atom. The molecule has 11 heteroatoms. The lowest BCUT2D eigenvalue weighted by Crippen LogP contribution is -2.58. The zero-order valence-corrected chi connectivity index (χ0v) is 17.5. The zero-order valence-electron chi connectivity index (χ0n) is 17.5. The first-order valence-corrected chi connectivity index (χ1v) is 10.3. The average molecular weight is 436 g/mol. The van der Waals surface area contributed by atoms with Gasteiger partial charge < -0.3 is 20.6 Å². The van der Waals surface area contributed by atoms with Gasteiger partial charge >= 0.3 is 0 Å². The summed E-state index contributed by atoms with van der Waals surface area (Å²) in [6.07, 6.45) is 7.36. The van der Waals surface area contributed by atoms with Gasteiger partial charge in [-0.05, 0) is 25.0 Å². The minimum absolute atomic E-state index is 0.146. The molecule has 2 aliphatic rings. The van der Waals surface area contributed by atoms with E-state index in [4.69, 9.17) is 5.41 Å². The molecule has 1 atom stereocenters. The van der Waals surface area contributed by atoms with E-state index < -0.39 is 24.0 Å². The molecular weight excluding hydrogens is 412 g/mol. The van der Waals surface area contributed by atoms with E-state index in [1.54, 1.807) is 18.5 Å². The number of aliphatic hydroxyl groups is 1. The molecule has 11 nitrogen and oxygen atoms in total. The fourth-order valence-corrected chi connectivity index (χ4v) is 3.34. The second-order valence-electron chi connectivity index (χ2n) is 7.79. The molecule has 32 heavy (non-hydrogen) atoms. The van der Waals surface area contributed by atoms with Crippen LogP contribution in [0.15, 0.2) is 35.8 Å². The minimum Gasteiger partial charge on any atom is -0.389 e. The van der Waals surface area contributed by atoms with Gasteiger partial charge in [-0.25, -0.2) is 15.0 Å². The number of carbonyl (C=O) groups is 2. The molecular formula is C21H24N8O3. The number of rotatable bonds is 8. The van der Waals surface area contributed by atoms with E-state index >= 15 is 0 Å². The van der Waals surface area contributed by atoms with Crippen LogP contribution in [0.5, 0.6) is 0 Å². The molecule has 0 aromatic carbocycles. The highest BCUT2D eigenvalue weighted by Crippen LogP contribution is 2.39. The highest BCUT2D eigenvalue weighted by molar-refractivity contribution is 6.43. The van der Waals surface area contributed by atoms with Crippen molar-refractivity contribution in [3.05, 3.63) is 42.2 Å². The first-order chi connectivity index (χ1) is 15.5. The summed E-state index contributed by atoms with van der Waals surface area (Å²) in [5, 5.41) is 23.5. The number of aliphatic hydroxyl groups excluding tert-OH is 1. The number of nitrogens with zero attached hydrogens (tertiary/aromatic N) is 5. The number of nitrogens with one attached hydrogen (secondary N) is 3. The van der Waals surface area contributed by atoms with Gasteiger partial charge in [0.05, 0.1) is 29.9 Å². The highest BCUT2D eigenvalue weighted by atomic mass is 16.3. The molecule has 1 unspecified atom stereocenters. The third-order valence-corrected chi connectivity index (χ3v) is 5.24. The van der Waals surface area contributed by atoms with Crippen LogP contribution in [0.3, 0.4) is 0 Å². The van der Waals surface area contributed by atoms with Crippen molar-refractivity contribution in [1.29, 1.82) is 5.41 Å². The lowest BCUT2D eigenvalue weighted by Gasteiger charge is -2.36. The first kappa shape index (κ1) is 21.5. The van der Waals surface area contributed by atoms with Crippen LogP contribution in [-0.4, -0.2) is 81.0 Å². The number of hydrogen-bond acceptors (Lipinski definition) is 9. The second-order valence-corrected chi connectivity index (χ2v) is 7.79. The number of amides is 2. The molecule has 2 fully saturated rings. The SMILES string of the molecule is CN=CC(NC(=O)c1nc(C2CC2)ccc1Nc1cncnc1)C(=N)C(=O)N1CC(O)C1. The van der Waals surface area contributed by atoms with Crippen LogP contribution in [0.25, 0.3) is 0 Å². The Kier molecular flexibility index (Phi) is 6.17. The molecule has 1 aliphatic heterocycles. The summed E-state index contributed by atoms with van der Waals surface area (Å²) in [5.41, 5.74) is 1.69. The minimum atomic E-state index is -1.03. The summed E-state index contributed by atoms with van der Waals surface area (Å²) >= 11 is 0. The number of β-amino-alcohol motifs (C(OH)–C–C–N with tert-alkyl or cyclic N) is 1. The number of pyridine rings is 1. The molecule has 4 rings (SSSR count). The Morgan fingerprint density at radius 1 is 1.28 bits per heavy atom. The number of likely N-dealkylation sites (tertiary alicyclic amines) is 1. The Morgan fingerprint density at radius 2 is 2.00 bits per heavy atom. The van der Waals surface area contributed by atoms with Crippen LogP contribution in [0.1, 0.15) is 34.9 Å². The van der Waals surface area contributed by atoms with Gasteiger partial charge in [0.25, 0.3) is 11.8 Å². The lowest BCUT2D eigenvalue weighted by atomic mass is 10.1. The molecule has 4 N–H and O–H groups in total. The molecule has 2 aromatic heterocycles. The second kappa shape index (κ2) is 9.18. The van der Waals surface area contributed by atoms with Gasteiger partial charge in [0.1, 0.15) is 18.1 Å². The van der Waals surface area contributed by atoms with Crippen molar-refractivity contribution < 1.29 is 14.7 Å². The van der Waals surface area contributed by atoms with E-state index in [1.807, 2.05) is 6.07 Å². The van der Waals surface area contributed by atoms with Gasteiger partial charge in [-0.2, -0.15) is 0 Å². The van der Waals surface area contributed by atoms with Crippen LogP contribution in [0.4, 0.5) is 11.4 Å². The smallest absolute Gasteiger partial charge is 0.272 e. The van der Waals surface area contributed by atoms with Crippen LogP contribution < -0.4 is 10.6 Å². The predicted molar refractivity (Wildman–Crippen MR) is 118 cm³/mol. The maximum absolute atomic E-state index is 13.2. The van der Waals surface area contributed by atoms with Crippen molar-refractivity contribution in [3.63, 3.8) is 0 Å². The Bertz CT molecular complexity index is 1050. The molecule has 3 heterocycles. The summed E-state index contributed by atoms with van der Waals surface area (Å²) in [6, 6.07) is 2.63. The summed E-state index contributed by atoms with van der Waals surface area (Å²) in [6.45, 7) is 0.340. The summed E-state index contributed by atoms with van der Waals surface area (Å²) in [4.78, 5) is 43.4. The number of anilines is 2. The van der Waals surface area contributed by atoms with Crippen molar-refractivity contribution in [2.75, 3.05) is 25.5 Å². The Balaban J connectivity index is 1.56. The number of aliphatic imine (C=N–C) groups is 1. The van der Waals surface area contributed by atoms with E-state index in [1.165, 1.54) is 24.5 Å². The van der Waals surface area contributed by atoms with Crippen molar-refractivity contribution in [3.8, 4) is 0 Å². The van der Waals surface area contributed by atoms with E-state index in [9.17, 15) is 14.7 Å². The Hall–Kier alpha value is -3.73. The zero-order chi connectivity index (χ0) is 22.7. The normalized spacial score (nSPS) is 17.0. The third kappa shape index (κ3) is 4.78. The highest BCUT2D eigenvalue weighted by Gasteiger charge is 2.34. The molecule has 2 amide bonds. The molecule has 0 radical (unpaired) electrons. The average Bonchev–Trinajstić information content (AvgIpc) is 3.62. The van der Waals surface area contributed by atoms with Gasteiger partial charge in [0, 0.05) is 38.0 Å². The molecule has 1 saturated carbocycles. The third-order valence-electron chi connectivity index (χ3n) is 5.24. The largest absolute Gasteiger partial charge is 0.389 e. The number of carbonyl (C=O) groups excluding carboxylic acids is 2. The molecule has 2 aromatic rings. The quantitative estimate of drug-likeness (QED) is 0.439. The van der Waals surface area contributed by atoms with Gasteiger partial charge in [0.2, 0.25) is 0 Å². The summed E-state index contributed by atoms with van der Waals surface area (Å²) in [5.74, 6) is -0.765. The van der Waals surface area contributed by atoms with E-state index in [0.29, 0.717) is 17.3 Å². The van der Waals surface area contributed by atoms with Gasteiger partial charge in [-0.3, -0.25) is 20.0 Å². The fourth-order valence-electron chi connectivity index (χ4n) is 3.34. The van der Waals surface area contributed by atoms with Crippen LogP contribution in [0.2, 0.25) is 0 Å². The van der Waals surface area contributed by atoms with Gasteiger partial charge in [0.15, 0.2) is 5.69 Å². The summed E-state index contributed by atoms with van der Waals surface area (Å²) in [7, 11) is 1.50. The van der Waals surface area contributed by atoms with E-state index in [-0.39, 0.29) is 24.5 Å². The van der Waals surface area contributed by atoms with Crippen molar-refractivity contribution >= 4 is 35.1 Å². The standard InChI is InChI=1S/C21H24N8O3/c1-23-8-17(18(22)21(32)29-9-14(30)10-29)28-20(31)19-16(26-13-6-24-11-25-7-13)5-4-15(27-19)12-2-3-12/h4-8,11-12,14,17,22,26,30H,2-3,9-10H2,1H3,(H,28,31). The first-order valence-electron chi connectivity index (χ1n) is 10.3. The van der Waals surface area contributed by atoms with Crippen molar-refractivity contribution in [1.82, 2.24) is 25.2 Å². The maximum atomic E-state index is 13.2. The predicted octanol–water partition coefficient (Wildman–Crippen LogP) is 0.514. The molecule has 1 saturated heterocycles. The number of hydrogen-bond donors (Lipinski definition) is 4. The van der Waals surface area contributed by atoms with E-state index in [0.717, 1.165) is 18.5 Å². The van der Waals surface area contributed by atoms with Crippen molar-refractivity contribution in [2.24, 2.45) is 4.99 Å². The van der Waals surface area contributed by atoms with Gasteiger partial charge in [-0.15, -0.1) is 0 Å². The van der Waals surface area contributed by atoms with Gasteiger partial charge in [-0.1, -0.05) is 0 Å². The summed E-state index contributed by atoms with van der Waals surface area (Å²) < 4.78 is 0. The van der Waals surface area contributed by atoms with Crippen LogP contribution in [0, 0.1) is 5.41 Å². The van der Waals surface area contributed by atoms with Crippen molar-refractivity contribution in [2.45, 2.75) is 30.9 Å². The van der Waals surface area contributed by atoms with E-state index in [2.05, 4.69) is 30.6 Å². The monoisotopic (exact) mass is 436 g/mol. The Labute approximate surface area is 184 Å². The van der Waals surface area contributed by atoms with Crippen LogP contribution in [-0.2, 0) is 4.79 Å². The fraction of sp³-hybridized carbons (Fsp3) is 0.381. The van der Waals surface area contributed by atoms with Crippen LogP contribution >= 0.6 is 0 Å². The maximum Gasteiger partial charge on any atom is 0.272 e. The topological polar surface area (TPSA) is 157 Å². The number of aromatic nitrogens is 3. The lowest BCUT2D eigenvalue weighted by molar-refractivity contribution is -0.133. The molecule has 0 spiro atoms. The molecule has 1 aliphatic carbocycles. The molecule has 0 bridgehead atoms.